The predicted octanol–water partition coefficient (Wildman–Crippen LogP) is 3.56. The van der Waals surface area contributed by atoms with Gasteiger partial charge in [-0.05, 0) is 32.8 Å². The monoisotopic (exact) mass is 272 g/mol. The molecule has 0 aliphatic carbocycles. The van der Waals surface area contributed by atoms with Gasteiger partial charge in [0.25, 0.3) is 5.78 Å². The van der Waals surface area contributed by atoms with Crippen LogP contribution in [0.4, 0.5) is 13.2 Å². The molecular weight excluding hydrogens is 257 g/mol. The molecule has 0 unspecified atom stereocenters. The van der Waals surface area contributed by atoms with Crippen molar-refractivity contribution in [3.05, 3.63) is 24.0 Å². The van der Waals surface area contributed by atoms with Crippen molar-refractivity contribution in [2.45, 2.75) is 39.4 Å². The molecule has 0 aliphatic rings. The fourth-order valence-electron chi connectivity index (χ4n) is 1.64. The highest BCUT2D eigenvalue weighted by Gasteiger charge is 2.39. The number of ketones is 1. The number of Topliss-reactive ketones (excluding diaryl/α,β-unsaturated/α-hetero) is 1. The van der Waals surface area contributed by atoms with Gasteiger partial charge in [0.1, 0.15) is 0 Å². The summed E-state index contributed by atoms with van der Waals surface area (Å²) in [4.78, 5) is 11.0. The number of aromatic nitrogens is 1. The molecule has 0 aliphatic heterocycles. The lowest BCUT2D eigenvalue weighted by Gasteiger charge is -2.14. The van der Waals surface area contributed by atoms with Crippen molar-refractivity contribution in [3.63, 3.8) is 0 Å². The van der Waals surface area contributed by atoms with Crippen LogP contribution in [0.3, 0.4) is 0 Å². The smallest absolute Gasteiger partial charge is 0.354 e. The van der Waals surface area contributed by atoms with Crippen LogP contribution in [0.25, 0.3) is 0 Å². The van der Waals surface area contributed by atoms with E-state index in [9.17, 15) is 18.0 Å². The second-order valence-electron chi connectivity index (χ2n) is 5.06. The Labute approximate surface area is 109 Å². The maximum absolute atomic E-state index is 12.2. The number of aryl methyl sites for hydroxylation is 1. The van der Waals surface area contributed by atoms with E-state index in [2.05, 4.69) is 6.07 Å². The van der Waals surface area contributed by atoms with E-state index in [-0.39, 0.29) is 5.56 Å². The number of alkyl halides is 3. The van der Waals surface area contributed by atoms with Gasteiger partial charge in [0.2, 0.25) is 0 Å². The maximum Gasteiger partial charge on any atom is 0.454 e. The van der Waals surface area contributed by atoms with E-state index in [0.29, 0.717) is 19.4 Å². The third-order valence-corrected chi connectivity index (χ3v) is 2.79. The summed E-state index contributed by atoms with van der Waals surface area (Å²) in [7, 11) is 0. The average molecular weight is 272 g/mol. The van der Waals surface area contributed by atoms with E-state index >= 15 is 0 Å². The molecule has 3 nitrogen and oxygen atoms in total. The molecule has 0 atom stereocenters. The Bertz CT molecular complexity index is 495. The Balaban J connectivity index is 2.58. The second-order valence-corrected chi connectivity index (χ2v) is 5.06. The minimum absolute atomic E-state index is 0.355. The minimum Gasteiger partial charge on any atom is -0.354 e. The number of nitrogens with zero attached hydrogens (tertiary/aromatic N) is 2. The van der Waals surface area contributed by atoms with Crippen LogP contribution < -0.4 is 0 Å². The van der Waals surface area contributed by atoms with E-state index in [0.717, 1.165) is 6.07 Å². The normalized spacial score (nSPS) is 12.2. The number of carbonyl (C=O) groups excluding carboxylic acids is 1. The number of hydrogen-bond acceptors (Lipinski definition) is 2. The topological polar surface area (TPSA) is 45.8 Å². The lowest BCUT2D eigenvalue weighted by molar-refractivity contribution is -0.0885. The fourth-order valence-corrected chi connectivity index (χ4v) is 1.64. The van der Waals surface area contributed by atoms with Gasteiger partial charge >= 0.3 is 6.18 Å². The highest BCUT2D eigenvalue weighted by atomic mass is 19.4. The zero-order chi connectivity index (χ0) is 14.7. The molecule has 0 radical (unpaired) electrons. The van der Waals surface area contributed by atoms with E-state index in [4.69, 9.17) is 5.26 Å². The van der Waals surface area contributed by atoms with Gasteiger partial charge in [-0.1, -0.05) is 0 Å². The average Bonchev–Trinajstić information content (AvgIpc) is 2.75. The van der Waals surface area contributed by atoms with Gasteiger partial charge in [0, 0.05) is 24.5 Å². The summed E-state index contributed by atoms with van der Waals surface area (Å²) in [5, 5.41) is 8.83. The van der Waals surface area contributed by atoms with Crippen LogP contribution in [-0.4, -0.2) is 16.5 Å². The molecule has 0 saturated heterocycles. The first kappa shape index (κ1) is 15.3. The predicted molar refractivity (Wildman–Crippen MR) is 63.4 cm³/mol. The molecule has 0 fully saturated rings. The first-order valence-electron chi connectivity index (χ1n) is 5.84. The Morgan fingerprint density at radius 3 is 2.58 bits per heavy atom. The molecule has 6 heteroatoms. The summed E-state index contributed by atoms with van der Waals surface area (Å²) in [5.74, 6) is -1.83. The molecule has 1 aromatic rings. The first-order valence-corrected chi connectivity index (χ1v) is 5.84. The molecule has 0 bridgehead atoms. The van der Waals surface area contributed by atoms with Crippen LogP contribution in [0, 0.1) is 16.7 Å². The van der Waals surface area contributed by atoms with Gasteiger partial charge in [-0.3, -0.25) is 4.79 Å². The van der Waals surface area contributed by atoms with Gasteiger partial charge in [-0.25, -0.2) is 0 Å². The Morgan fingerprint density at radius 2 is 2.05 bits per heavy atom. The standard InChI is InChI=1S/C13H15F3N2O/c1-12(2,9-17)5-3-6-18-7-4-10(8-18)11(19)13(14,15)16/h4,7-8H,3,5-6H2,1-2H3. The van der Waals surface area contributed by atoms with Crippen LogP contribution in [-0.2, 0) is 6.54 Å². The number of nitriles is 1. The highest BCUT2D eigenvalue weighted by molar-refractivity contribution is 6.00. The molecule has 19 heavy (non-hydrogen) atoms. The molecule has 1 rings (SSSR count). The number of hydrogen-bond donors (Lipinski definition) is 0. The van der Waals surface area contributed by atoms with Crippen molar-refractivity contribution in [1.29, 1.82) is 5.26 Å². The summed E-state index contributed by atoms with van der Waals surface area (Å²) in [6, 6.07) is 3.32. The maximum atomic E-state index is 12.2. The summed E-state index contributed by atoms with van der Waals surface area (Å²) in [5.41, 5.74) is -0.801. The van der Waals surface area contributed by atoms with Gasteiger partial charge < -0.3 is 4.57 Å². The highest BCUT2D eigenvalue weighted by Crippen LogP contribution is 2.23. The fraction of sp³-hybridized carbons (Fsp3) is 0.538. The van der Waals surface area contributed by atoms with Gasteiger partial charge in [0.05, 0.1) is 11.5 Å². The molecule has 0 spiro atoms. The summed E-state index contributed by atoms with van der Waals surface area (Å²) < 4.78 is 38.1. The zero-order valence-corrected chi connectivity index (χ0v) is 10.8. The minimum atomic E-state index is -4.84. The van der Waals surface area contributed by atoms with Crippen LogP contribution in [0.2, 0.25) is 0 Å². The van der Waals surface area contributed by atoms with Crippen LogP contribution in [0.1, 0.15) is 37.0 Å². The first-order chi connectivity index (χ1) is 8.65. The van der Waals surface area contributed by atoms with E-state index < -0.39 is 17.4 Å². The Hall–Kier alpha value is -1.77. The van der Waals surface area contributed by atoms with Crippen LogP contribution >= 0.6 is 0 Å². The SMILES string of the molecule is CC(C)(C#N)CCCn1ccc(C(=O)C(F)(F)F)c1. The van der Waals surface area contributed by atoms with Crippen molar-refractivity contribution < 1.29 is 18.0 Å². The lowest BCUT2D eigenvalue weighted by atomic mass is 9.90. The molecule has 0 amide bonds. The van der Waals surface area contributed by atoms with Crippen molar-refractivity contribution in [2.24, 2.45) is 5.41 Å². The van der Waals surface area contributed by atoms with Crippen molar-refractivity contribution in [3.8, 4) is 6.07 Å². The number of halogens is 3. The van der Waals surface area contributed by atoms with E-state index in [1.165, 1.54) is 17.0 Å². The van der Waals surface area contributed by atoms with Gasteiger partial charge in [0.15, 0.2) is 0 Å². The summed E-state index contributed by atoms with van der Waals surface area (Å²) >= 11 is 0. The largest absolute Gasteiger partial charge is 0.454 e. The summed E-state index contributed by atoms with van der Waals surface area (Å²) in [6.07, 6.45) is -0.901. The molecule has 104 valence electrons. The third-order valence-electron chi connectivity index (χ3n) is 2.79. The molecule has 1 heterocycles. The quantitative estimate of drug-likeness (QED) is 0.769. The van der Waals surface area contributed by atoms with Crippen molar-refractivity contribution in [2.75, 3.05) is 0 Å². The molecule has 0 aromatic carbocycles. The number of rotatable bonds is 5. The molecular formula is C13H15F3N2O. The second kappa shape index (κ2) is 5.47. The Kier molecular flexibility index (Phi) is 4.40. The van der Waals surface area contributed by atoms with Gasteiger partial charge in [-0.15, -0.1) is 0 Å². The lowest BCUT2D eigenvalue weighted by Crippen LogP contribution is -2.22. The molecule has 1 aromatic heterocycles. The number of carbonyl (C=O) groups is 1. The molecule has 0 saturated carbocycles. The van der Waals surface area contributed by atoms with E-state index in [1.54, 1.807) is 13.8 Å². The van der Waals surface area contributed by atoms with Gasteiger partial charge in [-0.2, -0.15) is 18.4 Å². The van der Waals surface area contributed by atoms with Crippen molar-refractivity contribution in [1.82, 2.24) is 4.57 Å². The van der Waals surface area contributed by atoms with Crippen molar-refractivity contribution >= 4 is 5.78 Å². The summed E-state index contributed by atoms with van der Waals surface area (Å²) in [6.45, 7) is 4.10. The third kappa shape index (κ3) is 4.43. The van der Waals surface area contributed by atoms with Crippen LogP contribution in [0.15, 0.2) is 18.5 Å². The Morgan fingerprint density at radius 1 is 1.42 bits per heavy atom. The van der Waals surface area contributed by atoms with Crippen LogP contribution in [0.5, 0.6) is 0 Å². The zero-order valence-electron chi connectivity index (χ0n) is 10.8. The molecule has 0 N–H and O–H groups in total. The van der Waals surface area contributed by atoms with E-state index in [1.807, 2.05) is 0 Å².